The Kier molecular flexibility index (Phi) is 4.34. The van der Waals surface area contributed by atoms with E-state index in [4.69, 9.17) is 11.6 Å². The monoisotopic (exact) mass is 264 g/mol. The van der Waals surface area contributed by atoms with Crippen LogP contribution in [0.15, 0.2) is 48.5 Å². The van der Waals surface area contributed by atoms with Gasteiger partial charge in [0.25, 0.3) is 0 Å². The third-order valence-corrected chi connectivity index (χ3v) is 3.18. The molecule has 0 heterocycles. The number of aliphatic hydroxyl groups is 1. The number of rotatable bonds is 4. The van der Waals surface area contributed by atoms with Crippen LogP contribution >= 0.6 is 11.6 Å². The standard InChI is InChI=1S/C15H14ClFO/c16-13-8-4-7-12(15(13)17)14(18)10-9-11-5-2-1-3-6-11/h1-8,14,18H,9-10H2. The van der Waals surface area contributed by atoms with Gasteiger partial charge in [-0.3, -0.25) is 0 Å². The molecule has 0 saturated carbocycles. The maximum atomic E-state index is 13.7. The average Bonchev–Trinajstić information content (AvgIpc) is 2.40. The van der Waals surface area contributed by atoms with E-state index in [9.17, 15) is 9.50 Å². The lowest BCUT2D eigenvalue weighted by Crippen LogP contribution is -2.02. The van der Waals surface area contributed by atoms with Crippen molar-refractivity contribution >= 4 is 11.6 Å². The summed E-state index contributed by atoms with van der Waals surface area (Å²) < 4.78 is 13.7. The van der Waals surface area contributed by atoms with E-state index >= 15 is 0 Å². The molecule has 0 aliphatic carbocycles. The molecular weight excluding hydrogens is 251 g/mol. The molecular formula is C15H14ClFO. The highest BCUT2D eigenvalue weighted by Gasteiger charge is 2.14. The molecule has 94 valence electrons. The lowest BCUT2D eigenvalue weighted by atomic mass is 10.0. The normalized spacial score (nSPS) is 12.4. The number of hydrogen-bond acceptors (Lipinski definition) is 1. The van der Waals surface area contributed by atoms with Crippen molar-refractivity contribution in [1.29, 1.82) is 0 Å². The first-order valence-corrected chi connectivity index (χ1v) is 6.22. The van der Waals surface area contributed by atoms with Gasteiger partial charge in [-0.15, -0.1) is 0 Å². The molecule has 0 fully saturated rings. The topological polar surface area (TPSA) is 20.2 Å². The van der Waals surface area contributed by atoms with Crippen molar-refractivity contribution < 1.29 is 9.50 Å². The van der Waals surface area contributed by atoms with Crippen molar-refractivity contribution in [2.45, 2.75) is 18.9 Å². The van der Waals surface area contributed by atoms with E-state index in [2.05, 4.69) is 0 Å². The van der Waals surface area contributed by atoms with Gasteiger partial charge in [0.1, 0.15) is 5.82 Å². The lowest BCUT2D eigenvalue weighted by Gasteiger charge is -2.12. The third kappa shape index (κ3) is 3.09. The minimum atomic E-state index is -0.830. The first-order chi connectivity index (χ1) is 8.68. The van der Waals surface area contributed by atoms with Crippen LogP contribution in [0.1, 0.15) is 23.7 Å². The van der Waals surface area contributed by atoms with Crippen molar-refractivity contribution in [3.63, 3.8) is 0 Å². The molecule has 2 aromatic rings. The van der Waals surface area contributed by atoms with Gasteiger partial charge in [-0.2, -0.15) is 0 Å². The number of benzene rings is 2. The molecule has 18 heavy (non-hydrogen) atoms. The van der Waals surface area contributed by atoms with Gasteiger partial charge in [-0.1, -0.05) is 54.1 Å². The molecule has 1 atom stereocenters. The summed E-state index contributed by atoms with van der Waals surface area (Å²) in [6.07, 6.45) is 0.346. The Morgan fingerprint density at radius 3 is 2.50 bits per heavy atom. The zero-order chi connectivity index (χ0) is 13.0. The van der Waals surface area contributed by atoms with Crippen LogP contribution in [-0.4, -0.2) is 5.11 Å². The van der Waals surface area contributed by atoms with E-state index in [1.807, 2.05) is 30.3 Å². The first kappa shape index (κ1) is 13.1. The van der Waals surface area contributed by atoms with Crippen LogP contribution in [0.25, 0.3) is 0 Å². The predicted octanol–water partition coefficient (Wildman–Crippen LogP) is 4.15. The molecule has 1 nitrogen and oxygen atoms in total. The largest absolute Gasteiger partial charge is 0.388 e. The summed E-state index contributed by atoms with van der Waals surface area (Å²) in [6, 6.07) is 14.5. The van der Waals surface area contributed by atoms with Crippen LogP contribution in [0.5, 0.6) is 0 Å². The second-order valence-electron chi connectivity index (χ2n) is 4.18. The van der Waals surface area contributed by atoms with Crippen LogP contribution < -0.4 is 0 Å². The first-order valence-electron chi connectivity index (χ1n) is 5.84. The van der Waals surface area contributed by atoms with Gasteiger partial charge in [0.2, 0.25) is 0 Å². The Balaban J connectivity index is 2.04. The zero-order valence-corrected chi connectivity index (χ0v) is 10.6. The number of halogens is 2. The summed E-state index contributed by atoms with van der Waals surface area (Å²) in [5, 5.41) is 10.0. The fourth-order valence-electron chi connectivity index (χ4n) is 1.88. The van der Waals surface area contributed by atoms with E-state index in [1.54, 1.807) is 12.1 Å². The van der Waals surface area contributed by atoms with Gasteiger partial charge in [0.05, 0.1) is 11.1 Å². The molecule has 0 amide bonds. The molecule has 1 N–H and O–H groups in total. The summed E-state index contributed by atoms with van der Waals surface area (Å²) in [5.74, 6) is -0.528. The van der Waals surface area contributed by atoms with Gasteiger partial charge in [-0.05, 0) is 24.5 Å². The van der Waals surface area contributed by atoms with Crippen LogP contribution in [-0.2, 0) is 6.42 Å². The summed E-state index contributed by atoms with van der Waals surface area (Å²) in [5.41, 5.74) is 1.39. The zero-order valence-electron chi connectivity index (χ0n) is 9.81. The fourth-order valence-corrected chi connectivity index (χ4v) is 2.06. The highest BCUT2D eigenvalue weighted by atomic mass is 35.5. The maximum Gasteiger partial charge on any atom is 0.147 e. The van der Waals surface area contributed by atoms with Gasteiger partial charge in [0.15, 0.2) is 0 Å². The van der Waals surface area contributed by atoms with Crippen LogP contribution in [0.4, 0.5) is 4.39 Å². The molecule has 2 aromatic carbocycles. The summed E-state index contributed by atoms with van der Waals surface area (Å²) >= 11 is 5.69. The Morgan fingerprint density at radius 1 is 1.06 bits per heavy atom. The number of aliphatic hydroxyl groups excluding tert-OH is 1. The Morgan fingerprint density at radius 2 is 1.78 bits per heavy atom. The van der Waals surface area contributed by atoms with Gasteiger partial charge >= 0.3 is 0 Å². The van der Waals surface area contributed by atoms with Gasteiger partial charge in [0, 0.05) is 5.56 Å². The smallest absolute Gasteiger partial charge is 0.147 e. The van der Waals surface area contributed by atoms with E-state index in [0.29, 0.717) is 12.8 Å². The maximum absolute atomic E-state index is 13.7. The average molecular weight is 265 g/mol. The number of hydrogen-bond donors (Lipinski definition) is 1. The predicted molar refractivity (Wildman–Crippen MR) is 71.1 cm³/mol. The van der Waals surface area contributed by atoms with Gasteiger partial charge < -0.3 is 5.11 Å². The molecule has 0 radical (unpaired) electrons. The Labute approximate surface area is 111 Å². The summed E-state index contributed by atoms with van der Waals surface area (Å²) in [6.45, 7) is 0. The van der Waals surface area contributed by atoms with Gasteiger partial charge in [-0.25, -0.2) is 4.39 Å². The van der Waals surface area contributed by atoms with E-state index in [-0.39, 0.29) is 10.6 Å². The highest BCUT2D eigenvalue weighted by Crippen LogP contribution is 2.26. The van der Waals surface area contributed by atoms with Crippen molar-refractivity contribution in [3.05, 3.63) is 70.5 Å². The van der Waals surface area contributed by atoms with Crippen molar-refractivity contribution in [3.8, 4) is 0 Å². The molecule has 1 unspecified atom stereocenters. The fraction of sp³-hybridized carbons (Fsp3) is 0.200. The van der Waals surface area contributed by atoms with Crippen molar-refractivity contribution in [2.75, 3.05) is 0 Å². The Bertz CT molecular complexity index is 513. The summed E-state index contributed by atoms with van der Waals surface area (Å²) in [4.78, 5) is 0. The molecule has 0 aliphatic rings. The summed E-state index contributed by atoms with van der Waals surface area (Å²) in [7, 11) is 0. The Hall–Kier alpha value is -1.38. The van der Waals surface area contributed by atoms with Crippen molar-refractivity contribution in [2.24, 2.45) is 0 Å². The molecule has 3 heteroatoms. The quantitative estimate of drug-likeness (QED) is 0.880. The van der Waals surface area contributed by atoms with E-state index in [0.717, 1.165) is 5.56 Å². The molecule has 0 spiro atoms. The lowest BCUT2D eigenvalue weighted by molar-refractivity contribution is 0.163. The third-order valence-electron chi connectivity index (χ3n) is 2.89. The van der Waals surface area contributed by atoms with E-state index in [1.165, 1.54) is 6.07 Å². The minimum absolute atomic E-state index is 0.0475. The SMILES string of the molecule is OC(CCc1ccccc1)c1cccc(Cl)c1F. The van der Waals surface area contributed by atoms with Crippen LogP contribution in [0, 0.1) is 5.82 Å². The van der Waals surface area contributed by atoms with Crippen LogP contribution in [0.2, 0.25) is 5.02 Å². The molecule has 0 saturated heterocycles. The van der Waals surface area contributed by atoms with Crippen molar-refractivity contribution in [1.82, 2.24) is 0 Å². The van der Waals surface area contributed by atoms with E-state index < -0.39 is 11.9 Å². The second kappa shape index (κ2) is 5.98. The molecule has 0 aliphatic heterocycles. The highest BCUT2D eigenvalue weighted by molar-refractivity contribution is 6.30. The molecule has 0 bridgehead atoms. The van der Waals surface area contributed by atoms with Crippen LogP contribution in [0.3, 0.4) is 0 Å². The second-order valence-corrected chi connectivity index (χ2v) is 4.59. The molecule has 2 rings (SSSR count). The molecule has 0 aromatic heterocycles. The number of aryl methyl sites for hydroxylation is 1. The minimum Gasteiger partial charge on any atom is -0.388 e.